The molecule has 2 aromatic rings. The molecule has 0 bridgehead atoms. The molecule has 0 atom stereocenters. The van der Waals surface area contributed by atoms with E-state index in [4.69, 9.17) is 9.47 Å². The van der Waals surface area contributed by atoms with Crippen LogP contribution in [0.3, 0.4) is 0 Å². The van der Waals surface area contributed by atoms with E-state index < -0.39 is 10.0 Å². The molecule has 1 saturated heterocycles. The van der Waals surface area contributed by atoms with Gasteiger partial charge in [0.1, 0.15) is 17.6 Å². The predicted octanol–water partition coefficient (Wildman–Crippen LogP) is 1.78. The van der Waals surface area contributed by atoms with Crippen LogP contribution in [0.25, 0.3) is 0 Å². The summed E-state index contributed by atoms with van der Waals surface area (Å²) in [6.07, 6.45) is 2.32. The van der Waals surface area contributed by atoms with Gasteiger partial charge >= 0.3 is 0 Å². The van der Waals surface area contributed by atoms with Gasteiger partial charge in [-0.05, 0) is 36.8 Å². The zero-order valence-electron chi connectivity index (χ0n) is 13.3. The second-order valence-corrected chi connectivity index (χ2v) is 8.00. The molecule has 0 saturated carbocycles. The van der Waals surface area contributed by atoms with Gasteiger partial charge in [-0.25, -0.2) is 8.42 Å². The summed E-state index contributed by atoms with van der Waals surface area (Å²) in [4.78, 5) is 4.44. The van der Waals surface area contributed by atoms with Crippen LogP contribution in [0.4, 0.5) is 0 Å². The van der Waals surface area contributed by atoms with Crippen molar-refractivity contribution in [1.82, 2.24) is 9.29 Å². The fraction of sp³-hybridized carbons (Fsp3) is 0.353. The lowest BCUT2D eigenvalue weighted by Gasteiger charge is -2.37. The molecule has 6 nitrogen and oxygen atoms in total. The van der Waals surface area contributed by atoms with Crippen molar-refractivity contribution in [3.8, 4) is 11.5 Å². The zero-order valence-corrected chi connectivity index (χ0v) is 14.1. The van der Waals surface area contributed by atoms with Crippen molar-refractivity contribution in [2.24, 2.45) is 0 Å². The zero-order chi connectivity index (χ0) is 16.7. The molecule has 126 valence electrons. The van der Waals surface area contributed by atoms with Gasteiger partial charge in [-0.3, -0.25) is 4.98 Å². The highest BCUT2D eigenvalue weighted by Crippen LogP contribution is 2.30. The summed E-state index contributed by atoms with van der Waals surface area (Å²) in [5.74, 6) is 1.51. The Morgan fingerprint density at radius 3 is 2.88 bits per heavy atom. The lowest BCUT2D eigenvalue weighted by atomic mass is 10.2. The van der Waals surface area contributed by atoms with E-state index in [1.54, 1.807) is 30.5 Å². The molecular formula is C17H18N2O4S. The number of hydrogen-bond acceptors (Lipinski definition) is 5. The van der Waals surface area contributed by atoms with Gasteiger partial charge in [-0.1, -0.05) is 0 Å². The van der Waals surface area contributed by atoms with Crippen molar-refractivity contribution in [2.45, 2.75) is 24.3 Å². The fourth-order valence-electron chi connectivity index (χ4n) is 2.93. The molecular weight excluding hydrogens is 328 g/mol. The number of pyridine rings is 1. The Morgan fingerprint density at radius 1 is 1.25 bits per heavy atom. The number of aromatic nitrogens is 1. The minimum absolute atomic E-state index is 0.126. The Morgan fingerprint density at radius 2 is 2.08 bits per heavy atom. The number of fused-ring (bicyclic) bond motifs is 1. The lowest BCUT2D eigenvalue weighted by Crippen LogP contribution is -2.55. The first-order valence-corrected chi connectivity index (χ1v) is 9.31. The number of hydrogen-bond donors (Lipinski definition) is 0. The Balaban J connectivity index is 1.44. The molecule has 1 aromatic heterocycles. The average Bonchev–Trinajstić information content (AvgIpc) is 2.98. The van der Waals surface area contributed by atoms with Gasteiger partial charge in [0.2, 0.25) is 10.0 Å². The molecule has 7 heteroatoms. The van der Waals surface area contributed by atoms with Crippen LogP contribution in [0.2, 0.25) is 0 Å². The lowest BCUT2D eigenvalue weighted by molar-refractivity contribution is 0.0761. The first-order chi connectivity index (χ1) is 11.5. The summed E-state index contributed by atoms with van der Waals surface area (Å²) < 4.78 is 38.0. The molecule has 4 rings (SSSR count). The average molecular weight is 346 g/mol. The maximum absolute atomic E-state index is 12.7. The largest absolute Gasteiger partial charge is 0.493 e. The van der Waals surface area contributed by atoms with Crippen LogP contribution < -0.4 is 9.47 Å². The van der Waals surface area contributed by atoms with Gasteiger partial charge in [0, 0.05) is 24.4 Å². The van der Waals surface area contributed by atoms with Crippen LogP contribution in [0.5, 0.6) is 11.5 Å². The molecule has 0 spiro atoms. The second kappa shape index (κ2) is 5.75. The van der Waals surface area contributed by atoms with Crippen LogP contribution in [0.1, 0.15) is 11.3 Å². The summed E-state index contributed by atoms with van der Waals surface area (Å²) in [5.41, 5.74) is 1.83. The Bertz CT molecular complexity index is 876. The van der Waals surface area contributed by atoms with Crippen molar-refractivity contribution >= 4 is 10.0 Å². The molecule has 3 heterocycles. The van der Waals surface area contributed by atoms with Crippen LogP contribution in [-0.2, 0) is 16.4 Å². The normalized spacial score (nSPS) is 17.9. The van der Waals surface area contributed by atoms with E-state index in [1.165, 1.54) is 4.31 Å². The number of ether oxygens (including phenoxy) is 2. The van der Waals surface area contributed by atoms with E-state index in [0.29, 0.717) is 24.6 Å². The summed E-state index contributed by atoms with van der Waals surface area (Å²) in [5, 5.41) is 0. The van der Waals surface area contributed by atoms with E-state index in [2.05, 4.69) is 4.98 Å². The predicted molar refractivity (Wildman–Crippen MR) is 87.8 cm³/mol. The molecule has 0 radical (unpaired) electrons. The van der Waals surface area contributed by atoms with Gasteiger partial charge in [0.05, 0.1) is 24.6 Å². The quantitative estimate of drug-likeness (QED) is 0.844. The van der Waals surface area contributed by atoms with E-state index in [0.717, 1.165) is 29.2 Å². The van der Waals surface area contributed by atoms with Crippen molar-refractivity contribution in [3.63, 3.8) is 0 Å². The molecule has 0 aliphatic carbocycles. The Labute approximate surface area is 141 Å². The van der Waals surface area contributed by atoms with E-state index in [-0.39, 0.29) is 6.10 Å². The number of nitrogens with zero attached hydrogens (tertiary/aromatic N) is 2. The van der Waals surface area contributed by atoms with Gasteiger partial charge in [0.15, 0.2) is 0 Å². The Hall–Kier alpha value is -2.12. The molecule has 1 aromatic carbocycles. The first kappa shape index (κ1) is 15.4. The fourth-order valence-corrected chi connectivity index (χ4v) is 4.48. The van der Waals surface area contributed by atoms with Gasteiger partial charge < -0.3 is 9.47 Å². The van der Waals surface area contributed by atoms with Crippen LogP contribution >= 0.6 is 0 Å². The number of sulfonamides is 1. The number of aryl methyl sites for hydroxylation is 1. The maximum Gasteiger partial charge on any atom is 0.243 e. The van der Waals surface area contributed by atoms with Crippen molar-refractivity contribution < 1.29 is 17.9 Å². The van der Waals surface area contributed by atoms with Crippen LogP contribution in [0.15, 0.2) is 41.4 Å². The molecule has 0 amide bonds. The summed E-state index contributed by atoms with van der Waals surface area (Å²) in [6.45, 7) is 3.22. The molecule has 0 N–H and O–H groups in total. The third-order valence-electron chi connectivity index (χ3n) is 4.28. The monoisotopic (exact) mass is 346 g/mol. The van der Waals surface area contributed by atoms with Crippen molar-refractivity contribution in [3.05, 3.63) is 47.8 Å². The molecule has 2 aliphatic rings. The third-order valence-corrected chi connectivity index (χ3v) is 6.11. The SMILES string of the molecule is Cc1cc(OC2CN(S(=O)(=O)c3ccc4c(c3)CCO4)C2)ccn1. The summed E-state index contributed by atoms with van der Waals surface area (Å²) >= 11 is 0. The highest BCUT2D eigenvalue weighted by atomic mass is 32.2. The van der Waals surface area contributed by atoms with Crippen LogP contribution in [0, 0.1) is 6.92 Å². The molecule has 0 unspecified atom stereocenters. The first-order valence-electron chi connectivity index (χ1n) is 7.87. The second-order valence-electron chi connectivity index (χ2n) is 6.06. The number of rotatable bonds is 4. The van der Waals surface area contributed by atoms with Crippen LogP contribution in [-0.4, -0.2) is 43.5 Å². The topological polar surface area (TPSA) is 68.7 Å². The highest BCUT2D eigenvalue weighted by Gasteiger charge is 2.38. The highest BCUT2D eigenvalue weighted by molar-refractivity contribution is 7.89. The van der Waals surface area contributed by atoms with E-state index in [1.807, 2.05) is 13.0 Å². The minimum Gasteiger partial charge on any atom is -0.493 e. The molecule has 1 fully saturated rings. The van der Waals surface area contributed by atoms with E-state index in [9.17, 15) is 8.42 Å². The van der Waals surface area contributed by atoms with Gasteiger partial charge in [-0.15, -0.1) is 0 Å². The van der Waals surface area contributed by atoms with Gasteiger partial charge in [0.25, 0.3) is 0 Å². The van der Waals surface area contributed by atoms with Gasteiger partial charge in [-0.2, -0.15) is 4.31 Å². The standard InChI is InChI=1S/C17H18N2O4S/c1-12-8-14(4-6-18-12)23-15-10-19(11-15)24(20,21)16-2-3-17-13(9-16)5-7-22-17/h2-4,6,8-9,15H,5,7,10-11H2,1H3. The summed E-state index contributed by atoms with van der Waals surface area (Å²) in [7, 11) is -3.47. The minimum atomic E-state index is -3.47. The molecule has 24 heavy (non-hydrogen) atoms. The third kappa shape index (κ3) is 2.74. The van der Waals surface area contributed by atoms with E-state index >= 15 is 0 Å². The van der Waals surface area contributed by atoms with Crippen molar-refractivity contribution in [2.75, 3.05) is 19.7 Å². The Kier molecular flexibility index (Phi) is 3.69. The smallest absolute Gasteiger partial charge is 0.243 e. The molecule has 2 aliphatic heterocycles. The summed E-state index contributed by atoms with van der Waals surface area (Å²) in [6, 6.07) is 8.70. The number of benzene rings is 1. The van der Waals surface area contributed by atoms with Crippen molar-refractivity contribution in [1.29, 1.82) is 0 Å². The maximum atomic E-state index is 12.7.